The molecule has 0 bridgehead atoms. The fraction of sp³-hybridized carbons (Fsp3) is 0.923. The highest BCUT2D eigenvalue weighted by Gasteiger charge is 2.26. The van der Waals surface area contributed by atoms with Crippen molar-refractivity contribution in [3.05, 3.63) is 12.2 Å². The molecular formula is C39H77NO4. The van der Waals surface area contributed by atoms with Gasteiger partial charge < -0.3 is 20.6 Å². The van der Waals surface area contributed by atoms with Crippen molar-refractivity contribution in [3.63, 3.8) is 0 Å². The lowest BCUT2D eigenvalue weighted by Crippen LogP contribution is -2.50. The minimum Gasteiger partial charge on any atom is -0.394 e. The van der Waals surface area contributed by atoms with Crippen molar-refractivity contribution in [3.8, 4) is 0 Å². The lowest BCUT2D eigenvalue weighted by atomic mass is 10.00. The van der Waals surface area contributed by atoms with Crippen LogP contribution in [0.5, 0.6) is 0 Å². The summed E-state index contributed by atoms with van der Waals surface area (Å²) in [6.07, 6.45) is 38.7. The summed E-state index contributed by atoms with van der Waals surface area (Å²) in [5.74, 6) is -0.151. The Bertz CT molecular complexity index is 611. The summed E-state index contributed by atoms with van der Waals surface area (Å²) in [6.45, 7) is 4.16. The molecule has 0 aliphatic carbocycles. The van der Waals surface area contributed by atoms with Crippen molar-refractivity contribution in [1.29, 1.82) is 0 Å². The Morgan fingerprint density at radius 3 is 1.32 bits per heavy atom. The zero-order chi connectivity index (χ0) is 32.4. The molecule has 44 heavy (non-hydrogen) atoms. The molecule has 0 aromatic heterocycles. The van der Waals surface area contributed by atoms with Gasteiger partial charge in [-0.05, 0) is 38.5 Å². The highest BCUT2D eigenvalue weighted by atomic mass is 16.3. The van der Waals surface area contributed by atoms with Gasteiger partial charge in [0.25, 0.3) is 0 Å². The van der Waals surface area contributed by atoms with Gasteiger partial charge in [0.1, 0.15) is 6.10 Å². The van der Waals surface area contributed by atoms with Crippen molar-refractivity contribution in [1.82, 2.24) is 5.32 Å². The average Bonchev–Trinajstić information content (AvgIpc) is 3.03. The molecule has 5 heteroatoms. The summed E-state index contributed by atoms with van der Waals surface area (Å²) in [5.41, 5.74) is 0. The maximum Gasteiger partial charge on any atom is 0.220 e. The van der Waals surface area contributed by atoms with Gasteiger partial charge >= 0.3 is 0 Å². The third-order valence-electron chi connectivity index (χ3n) is 9.12. The highest BCUT2D eigenvalue weighted by Crippen LogP contribution is 2.15. The molecule has 3 atom stereocenters. The van der Waals surface area contributed by atoms with E-state index in [4.69, 9.17) is 0 Å². The Morgan fingerprint density at radius 1 is 0.545 bits per heavy atom. The average molecular weight is 624 g/mol. The summed E-state index contributed by atoms with van der Waals surface area (Å²) < 4.78 is 0. The van der Waals surface area contributed by atoms with Gasteiger partial charge in [-0.3, -0.25) is 4.79 Å². The molecule has 4 N–H and O–H groups in total. The van der Waals surface area contributed by atoms with Crippen molar-refractivity contribution in [2.24, 2.45) is 0 Å². The second-order valence-corrected chi connectivity index (χ2v) is 13.5. The fourth-order valence-corrected chi connectivity index (χ4v) is 6.04. The molecule has 0 aliphatic rings. The van der Waals surface area contributed by atoms with Crippen molar-refractivity contribution in [2.75, 3.05) is 6.61 Å². The smallest absolute Gasteiger partial charge is 0.220 e. The SMILES string of the molecule is CCCCCCCCCCCC=CCCCCC(O)C(O)C(CO)NC(=O)CCCCCCCCCCCCCCCCC. The zero-order valence-electron chi connectivity index (χ0n) is 29.6. The third-order valence-corrected chi connectivity index (χ3v) is 9.12. The minimum absolute atomic E-state index is 0.151. The molecule has 5 nitrogen and oxygen atoms in total. The van der Waals surface area contributed by atoms with Crippen LogP contribution in [-0.4, -0.2) is 46.1 Å². The van der Waals surface area contributed by atoms with Crippen LogP contribution in [0.15, 0.2) is 12.2 Å². The van der Waals surface area contributed by atoms with Gasteiger partial charge in [0.2, 0.25) is 5.91 Å². The zero-order valence-corrected chi connectivity index (χ0v) is 29.6. The molecule has 0 aliphatic heterocycles. The number of allylic oxidation sites excluding steroid dienone is 2. The predicted octanol–water partition coefficient (Wildman–Crippen LogP) is 10.5. The Balaban J connectivity index is 3.69. The fourth-order valence-electron chi connectivity index (χ4n) is 6.04. The molecule has 0 fully saturated rings. The third kappa shape index (κ3) is 29.8. The van der Waals surface area contributed by atoms with Crippen LogP contribution in [0.4, 0.5) is 0 Å². The van der Waals surface area contributed by atoms with E-state index in [0.29, 0.717) is 12.8 Å². The first-order chi connectivity index (χ1) is 21.6. The molecular weight excluding hydrogens is 546 g/mol. The number of rotatable bonds is 35. The first kappa shape index (κ1) is 43.1. The van der Waals surface area contributed by atoms with Gasteiger partial charge in [0, 0.05) is 6.42 Å². The van der Waals surface area contributed by atoms with E-state index >= 15 is 0 Å². The largest absolute Gasteiger partial charge is 0.394 e. The maximum absolute atomic E-state index is 12.4. The van der Waals surface area contributed by atoms with Gasteiger partial charge in [-0.2, -0.15) is 0 Å². The predicted molar refractivity (Wildman–Crippen MR) is 190 cm³/mol. The van der Waals surface area contributed by atoms with Gasteiger partial charge in [0.15, 0.2) is 0 Å². The Hall–Kier alpha value is -0.910. The second-order valence-electron chi connectivity index (χ2n) is 13.5. The monoisotopic (exact) mass is 624 g/mol. The number of aliphatic hydroxyl groups is 3. The molecule has 1 amide bonds. The first-order valence-corrected chi connectivity index (χ1v) is 19.5. The first-order valence-electron chi connectivity index (χ1n) is 19.5. The van der Waals surface area contributed by atoms with Crippen LogP contribution in [0.3, 0.4) is 0 Å². The summed E-state index contributed by atoms with van der Waals surface area (Å²) in [6, 6.07) is -0.815. The maximum atomic E-state index is 12.4. The van der Waals surface area contributed by atoms with E-state index in [-0.39, 0.29) is 12.5 Å². The van der Waals surface area contributed by atoms with Crippen molar-refractivity contribution in [2.45, 2.75) is 225 Å². The number of nitrogens with one attached hydrogen (secondary N) is 1. The number of unbranched alkanes of at least 4 members (excludes halogenated alkanes) is 25. The van der Waals surface area contributed by atoms with E-state index in [1.165, 1.54) is 135 Å². The standard InChI is InChI=1S/C39H77NO4/c1-3-5-7-9-11-13-15-17-19-21-23-25-27-29-31-33-37(42)39(44)36(35-41)40-38(43)34-32-30-28-26-24-22-20-18-16-14-12-10-8-6-4-2/h23,25,36-37,39,41-42,44H,3-22,24,26-35H2,1-2H3,(H,40,43). The number of hydrogen-bond donors (Lipinski definition) is 4. The number of carbonyl (C=O) groups is 1. The second kappa shape index (κ2) is 35.0. The van der Waals surface area contributed by atoms with Gasteiger partial charge in [-0.15, -0.1) is 0 Å². The molecule has 0 heterocycles. The van der Waals surface area contributed by atoms with Gasteiger partial charge in [-0.25, -0.2) is 0 Å². The normalized spacial score (nSPS) is 13.8. The van der Waals surface area contributed by atoms with E-state index in [9.17, 15) is 20.1 Å². The molecule has 3 unspecified atom stereocenters. The number of hydrogen-bond acceptors (Lipinski definition) is 4. The Kier molecular flexibility index (Phi) is 34.2. The van der Waals surface area contributed by atoms with Crippen LogP contribution >= 0.6 is 0 Å². The van der Waals surface area contributed by atoms with Crippen LogP contribution in [0.1, 0.15) is 206 Å². The van der Waals surface area contributed by atoms with Crippen LogP contribution in [-0.2, 0) is 4.79 Å². The summed E-state index contributed by atoms with van der Waals surface area (Å²) in [5, 5.41) is 33.4. The topological polar surface area (TPSA) is 89.8 Å². The summed E-state index contributed by atoms with van der Waals surface area (Å²) >= 11 is 0. The summed E-state index contributed by atoms with van der Waals surface area (Å²) in [4.78, 5) is 12.4. The molecule has 0 spiro atoms. The lowest BCUT2D eigenvalue weighted by molar-refractivity contribution is -0.124. The summed E-state index contributed by atoms with van der Waals surface area (Å²) in [7, 11) is 0. The van der Waals surface area contributed by atoms with Crippen molar-refractivity contribution < 1.29 is 20.1 Å². The minimum atomic E-state index is -1.15. The molecule has 0 saturated heterocycles. The molecule has 0 saturated carbocycles. The number of amides is 1. The van der Waals surface area contributed by atoms with Crippen molar-refractivity contribution >= 4 is 5.91 Å². The quantitative estimate of drug-likeness (QED) is 0.0418. The highest BCUT2D eigenvalue weighted by molar-refractivity contribution is 5.76. The van der Waals surface area contributed by atoms with Gasteiger partial charge in [0.05, 0.1) is 18.8 Å². The Morgan fingerprint density at radius 2 is 0.909 bits per heavy atom. The van der Waals surface area contributed by atoms with Crippen LogP contribution in [0.2, 0.25) is 0 Å². The van der Waals surface area contributed by atoms with Crippen LogP contribution in [0.25, 0.3) is 0 Å². The molecule has 262 valence electrons. The molecule has 0 aromatic carbocycles. The Labute approximate surface area is 274 Å². The van der Waals surface area contributed by atoms with Crippen LogP contribution < -0.4 is 5.32 Å². The molecule has 0 radical (unpaired) electrons. The van der Waals surface area contributed by atoms with Gasteiger partial charge in [-0.1, -0.05) is 174 Å². The van der Waals surface area contributed by atoms with E-state index in [0.717, 1.165) is 44.9 Å². The lowest BCUT2D eigenvalue weighted by Gasteiger charge is -2.26. The van der Waals surface area contributed by atoms with E-state index in [1.807, 2.05) is 0 Å². The van der Waals surface area contributed by atoms with Crippen LogP contribution in [0, 0.1) is 0 Å². The molecule has 0 aromatic rings. The molecule has 0 rings (SSSR count). The number of carbonyl (C=O) groups excluding carboxylic acids is 1. The van der Waals surface area contributed by atoms with E-state index < -0.39 is 18.2 Å². The number of aliphatic hydroxyl groups excluding tert-OH is 3. The van der Waals surface area contributed by atoms with E-state index in [2.05, 4.69) is 31.3 Å². The van der Waals surface area contributed by atoms with E-state index in [1.54, 1.807) is 0 Å².